The molecule has 0 saturated heterocycles. The monoisotopic (exact) mass is 219 g/mol. The lowest BCUT2D eigenvalue weighted by atomic mass is 10.1. The Morgan fingerprint density at radius 3 is 2.62 bits per heavy atom. The standard InChI is InChI=1S/C11H9NO4/c1-15-10(13)8-9(16-11(14)12-8)7-5-3-2-4-6-7/h2-6H,1H3,(H,12,14). The second kappa shape index (κ2) is 4.06. The van der Waals surface area contributed by atoms with Crippen molar-refractivity contribution in [1.82, 2.24) is 4.98 Å². The minimum absolute atomic E-state index is 0.0266. The van der Waals surface area contributed by atoms with Crippen molar-refractivity contribution in [2.24, 2.45) is 0 Å². The predicted molar refractivity (Wildman–Crippen MR) is 56.1 cm³/mol. The average molecular weight is 219 g/mol. The summed E-state index contributed by atoms with van der Waals surface area (Å²) in [5.41, 5.74) is 0.667. The molecule has 0 saturated carbocycles. The quantitative estimate of drug-likeness (QED) is 0.775. The first-order chi connectivity index (χ1) is 7.72. The maximum Gasteiger partial charge on any atom is 0.417 e. The zero-order valence-corrected chi connectivity index (χ0v) is 8.52. The van der Waals surface area contributed by atoms with E-state index < -0.39 is 11.7 Å². The maximum absolute atomic E-state index is 11.4. The molecule has 0 unspecified atom stereocenters. The third-order valence-electron chi connectivity index (χ3n) is 2.07. The summed E-state index contributed by atoms with van der Waals surface area (Å²) in [6, 6.07) is 8.86. The van der Waals surface area contributed by atoms with E-state index >= 15 is 0 Å². The van der Waals surface area contributed by atoms with E-state index in [-0.39, 0.29) is 11.5 Å². The van der Waals surface area contributed by atoms with Crippen molar-refractivity contribution in [2.45, 2.75) is 0 Å². The zero-order chi connectivity index (χ0) is 11.5. The molecule has 0 atom stereocenters. The molecule has 5 nitrogen and oxygen atoms in total. The molecule has 0 aliphatic carbocycles. The molecular weight excluding hydrogens is 210 g/mol. The van der Waals surface area contributed by atoms with E-state index in [0.717, 1.165) is 0 Å². The van der Waals surface area contributed by atoms with Crippen LogP contribution >= 0.6 is 0 Å². The molecule has 0 bridgehead atoms. The number of aromatic nitrogens is 1. The van der Waals surface area contributed by atoms with Gasteiger partial charge in [0.1, 0.15) is 0 Å². The highest BCUT2D eigenvalue weighted by Crippen LogP contribution is 2.21. The fraction of sp³-hybridized carbons (Fsp3) is 0.0909. The Bertz CT molecular complexity index is 553. The second-order valence-corrected chi connectivity index (χ2v) is 3.08. The molecular formula is C11H9NO4. The molecule has 1 heterocycles. The van der Waals surface area contributed by atoms with Crippen molar-refractivity contribution in [3.8, 4) is 11.3 Å². The van der Waals surface area contributed by atoms with Crippen LogP contribution in [-0.4, -0.2) is 18.1 Å². The molecule has 16 heavy (non-hydrogen) atoms. The number of rotatable bonds is 2. The first-order valence-electron chi connectivity index (χ1n) is 4.59. The molecule has 1 aromatic heterocycles. The largest absolute Gasteiger partial charge is 0.464 e. The van der Waals surface area contributed by atoms with Gasteiger partial charge in [-0.15, -0.1) is 0 Å². The van der Waals surface area contributed by atoms with Gasteiger partial charge in [0.25, 0.3) is 0 Å². The van der Waals surface area contributed by atoms with Gasteiger partial charge in [-0.2, -0.15) is 0 Å². The molecule has 5 heteroatoms. The van der Waals surface area contributed by atoms with Gasteiger partial charge in [0.15, 0.2) is 11.5 Å². The van der Waals surface area contributed by atoms with Crippen LogP contribution in [0.25, 0.3) is 11.3 Å². The van der Waals surface area contributed by atoms with Crippen LogP contribution in [0, 0.1) is 0 Å². The number of benzene rings is 1. The Kier molecular flexibility index (Phi) is 2.59. The molecule has 0 spiro atoms. The third kappa shape index (κ3) is 1.75. The maximum atomic E-state index is 11.4. The number of aromatic amines is 1. The summed E-state index contributed by atoms with van der Waals surface area (Å²) in [6.45, 7) is 0. The number of oxazole rings is 1. The van der Waals surface area contributed by atoms with Crippen LogP contribution in [0.15, 0.2) is 39.5 Å². The smallest absolute Gasteiger partial charge is 0.417 e. The molecule has 0 fully saturated rings. The van der Waals surface area contributed by atoms with Crippen LogP contribution in [-0.2, 0) is 4.74 Å². The van der Waals surface area contributed by atoms with Gasteiger partial charge in [-0.3, -0.25) is 4.98 Å². The van der Waals surface area contributed by atoms with Crippen molar-refractivity contribution >= 4 is 5.97 Å². The highest BCUT2D eigenvalue weighted by Gasteiger charge is 2.19. The second-order valence-electron chi connectivity index (χ2n) is 3.08. The number of hydrogen-bond acceptors (Lipinski definition) is 4. The number of carbonyl (C=O) groups excluding carboxylic acids is 1. The van der Waals surface area contributed by atoms with Crippen LogP contribution < -0.4 is 5.76 Å². The number of methoxy groups -OCH3 is 1. The number of carbonyl (C=O) groups is 1. The van der Waals surface area contributed by atoms with Crippen molar-refractivity contribution in [3.05, 3.63) is 46.6 Å². The first-order valence-corrected chi connectivity index (χ1v) is 4.59. The first kappa shape index (κ1) is 10.2. The topological polar surface area (TPSA) is 72.3 Å². The van der Waals surface area contributed by atoms with E-state index in [0.29, 0.717) is 5.56 Å². The van der Waals surface area contributed by atoms with E-state index in [4.69, 9.17) is 4.42 Å². The Labute approximate surface area is 90.7 Å². The number of esters is 1. The van der Waals surface area contributed by atoms with Crippen LogP contribution in [0.1, 0.15) is 10.5 Å². The Balaban J connectivity index is 2.57. The molecule has 82 valence electrons. The van der Waals surface area contributed by atoms with E-state index in [1.165, 1.54) is 7.11 Å². The predicted octanol–water partition coefficient (Wildman–Crippen LogP) is 1.42. The van der Waals surface area contributed by atoms with Crippen LogP contribution in [0.4, 0.5) is 0 Å². The number of nitrogens with one attached hydrogen (secondary N) is 1. The van der Waals surface area contributed by atoms with E-state index in [9.17, 15) is 9.59 Å². The van der Waals surface area contributed by atoms with Crippen molar-refractivity contribution in [1.29, 1.82) is 0 Å². The minimum Gasteiger partial charge on any atom is -0.464 e. The van der Waals surface area contributed by atoms with Crippen LogP contribution in [0.2, 0.25) is 0 Å². The summed E-state index contributed by atoms with van der Waals surface area (Å²) in [6.07, 6.45) is 0. The Hall–Kier alpha value is -2.30. The van der Waals surface area contributed by atoms with Gasteiger partial charge in [0, 0.05) is 5.56 Å². The Morgan fingerprint density at radius 2 is 2.00 bits per heavy atom. The lowest BCUT2D eigenvalue weighted by molar-refractivity contribution is 0.0595. The minimum atomic E-state index is -0.681. The fourth-order valence-corrected chi connectivity index (χ4v) is 1.37. The summed E-state index contributed by atoms with van der Waals surface area (Å²) in [7, 11) is 1.24. The molecule has 1 N–H and O–H groups in total. The number of ether oxygens (including phenoxy) is 1. The molecule has 0 radical (unpaired) electrons. The van der Waals surface area contributed by atoms with Crippen molar-refractivity contribution in [3.63, 3.8) is 0 Å². The molecule has 1 aromatic carbocycles. The van der Waals surface area contributed by atoms with E-state index in [1.807, 2.05) is 6.07 Å². The van der Waals surface area contributed by atoms with Crippen LogP contribution in [0.3, 0.4) is 0 Å². The number of H-pyrrole nitrogens is 1. The average Bonchev–Trinajstić information content (AvgIpc) is 2.71. The summed E-state index contributed by atoms with van der Waals surface area (Å²) in [5.74, 6) is -1.12. The van der Waals surface area contributed by atoms with Crippen molar-refractivity contribution < 1.29 is 13.9 Å². The van der Waals surface area contributed by atoms with Gasteiger partial charge >= 0.3 is 11.7 Å². The highest BCUT2D eigenvalue weighted by molar-refractivity contribution is 5.93. The van der Waals surface area contributed by atoms with Gasteiger partial charge in [0.05, 0.1) is 7.11 Å². The summed E-state index contributed by atoms with van der Waals surface area (Å²) >= 11 is 0. The zero-order valence-electron chi connectivity index (χ0n) is 8.52. The lowest BCUT2D eigenvalue weighted by Crippen LogP contribution is -2.06. The van der Waals surface area contributed by atoms with Crippen LogP contribution in [0.5, 0.6) is 0 Å². The van der Waals surface area contributed by atoms with Gasteiger partial charge in [-0.05, 0) is 0 Å². The summed E-state index contributed by atoms with van der Waals surface area (Å²) in [5, 5.41) is 0. The van der Waals surface area contributed by atoms with Crippen molar-refractivity contribution in [2.75, 3.05) is 7.11 Å². The third-order valence-corrected chi connectivity index (χ3v) is 2.07. The van der Waals surface area contributed by atoms with Gasteiger partial charge in [-0.1, -0.05) is 30.3 Å². The molecule has 0 aliphatic rings. The molecule has 2 aromatic rings. The molecule has 0 aliphatic heterocycles. The van der Waals surface area contributed by atoms with Gasteiger partial charge in [-0.25, -0.2) is 9.59 Å². The lowest BCUT2D eigenvalue weighted by Gasteiger charge is -1.98. The van der Waals surface area contributed by atoms with Gasteiger partial charge < -0.3 is 9.15 Å². The number of hydrogen-bond donors (Lipinski definition) is 1. The normalized spacial score (nSPS) is 10.1. The molecule has 0 amide bonds. The summed E-state index contributed by atoms with van der Waals surface area (Å²) in [4.78, 5) is 24.7. The summed E-state index contributed by atoms with van der Waals surface area (Å²) < 4.78 is 9.45. The van der Waals surface area contributed by atoms with E-state index in [1.54, 1.807) is 24.3 Å². The SMILES string of the molecule is COC(=O)c1[nH]c(=O)oc1-c1ccccc1. The molecule has 2 rings (SSSR count). The van der Waals surface area contributed by atoms with E-state index in [2.05, 4.69) is 9.72 Å². The fourth-order valence-electron chi connectivity index (χ4n) is 1.37. The van der Waals surface area contributed by atoms with Gasteiger partial charge in [0.2, 0.25) is 0 Å². The Morgan fingerprint density at radius 1 is 1.31 bits per heavy atom. The highest BCUT2D eigenvalue weighted by atomic mass is 16.5.